The number of likely N-dealkylation sites (N-methyl/N-ethyl adjacent to an activating group) is 1. The molecule has 7 nitrogen and oxygen atoms in total. The van der Waals surface area contributed by atoms with Crippen LogP contribution in [-0.2, 0) is 9.59 Å². The quantitative estimate of drug-likeness (QED) is 0.397. The molecule has 64 valence electrons. The fourth-order valence-corrected chi connectivity index (χ4v) is 0.746. The van der Waals surface area contributed by atoms with Crippen molar-refractivity contribution in [2.24, 2.45) is 5.18 Å². The van der Waals surface area contributed by atoms with Crippen molar-refractivity contribution in [2.45, 2.75) is 6.04 Å². The summed E-state index contributed by atoms with van der Waals surface area (Å²) in [5.74, 6) is -1.88. The molecule has 0 aromatic heterocycles. The Morgan fingerprint density at radius 3 is 2.50 bits per heavy atom. The third kappa shape index (κ3) is 1.04. The summed E-state index contributed by atoms with van der Waals surface area (Å²) in [5.41, 5.74) is 0. The number of nitrogens with one attached hydrogen (secondary N) is 1. The largest absolute Gasteiger partial charge is 0.330 e. The Labute approximate surface area is 66.7 Å². The molecule has 1 N–H and O–H groups in total. The maximum absolute atomic E-state index is 10.9. The molecule has 0 bridgehead atoms. The lowest BCUT2D eigenvalue weighted by Crippen LogP contribution is -2.58. The van der Waals surface area contributed by atoms with E-state index in [2.05, 4.69) is 5.18 Å². The molecule has 1 fully saturated rings. The highest BCUT2D eigenvalue weighted by Gasteiger charge is 2.39. The van der Waals surface area contributed by atoms with Gasteiger partial charge in [0, 0.05) is 7.05 Å². The van der Waals surface area contributed by atoms with E-state index in [0.717, 1.165) is 7.05 Å². The van der Waals surface area contributed by atoms with E-state index in [4.69, 9.17) is 0 Å². The van der Waals surface area contributed by atoms with E-state index >= 15 is 0 Å². The molecule has 1 atom stereocenters. The highest BCUT2D eigenvalue weighted by atomic mass is 16.3. The maximum atomic E-state index is 10.9. The van der Waals surface area contributed by atoms with Crippen molar-refractivity contribution >= 4 is 17.8 Å². The Morgan fingerprint density at radius 1 is 1.42 bits per heavy atom. The number of barbiturate groups is 1. The van der Waals surface area contributed by atoms with Crippen LogP contribution in [0.4, 0.5) is 4.79 Å². The first-order valence-electron chi connectivity index (χ1n) is 3.02. The third-order valence-corrected chi connectivity index (χ3v) is 1.45. The van der Waals surface area contributed by atoms with Crippen LogP contribution in [0.2, 0.25) is 0 Å². The van der Waals surface area contributed by atoms with Gasteiger partial charge in [0.15, 0.2) is 0 Å². The van der Waals surface area contributed by atoms with Crippen LogP contribution in [0.3, 0.4) is 0 Å². The molecule has 0 aliphatic carbocycles. The molecule has 0 aromatic rings. The Kier molecular flexibility index (Phi) is 1.86. The second-order valence-corrected chi connectivity index (χ2v) is 2.20. The average Bonchev–Trinajstić information content (AvgIpc) is 2.01. The normalized spacial score (nSPS) is 23.9. The number of hydrogen-bond donors (Lipinski definition) is 1. The van der Waals surface area contributed by atoms with E-state index in [-0.39, 0.29) is 0 Å². The predicted molar refractivity (Wildman–Crippen MR) is 35.9 cm³/mol. The Bertz CT molecular complexity index is 274. The van der Waals surface area contributed by atoms with E-state index in [1.807, 2.05) is 0 Å². The molecule has 0 radical (unpaired) electrons. The van der Waals surface area contributed by atoms with Gasteiger partial charge in [-0.15, -0.1) is 4.91 Å². The molecule has 1 unspecified atom stereocenters. The van der Waals surface area contributed by atoms with Crippen LogP contribution in [0.25, 0.3) is 0 Å². The van der Waals surface area contributed by atoms with Crippen molar-refractivity contribution in [3.8, 4) is 0 Å². The Hall–Kier alpha value is -1.79. The molecule has 7 heteroatoms. The molecule has 1 rings (SSSR count). The summed E-state index contributed by atoms with van der Waals surface area (Å²) in [4.78, 5) is 42.9. The van der Waals surface area contributed by atoms with Gasteiger partial charge in [0.25, 0.3) is 11.8 Å². The minimum absolute atomic E-state index is 0.632. The number of nitrogens with zero attached hydrogens (tertiary/aromatic N) is 2. The Balaban J connectivity index is 2.94. The molecular formula is C5H5N3O4. The van der Waals surface area contributed by atoms with Crippen molar-refractivity contribution in [3.63, 3.8) is 0 Å². The summed E-state index contributed by atoms with van der Waals surface area (Å²) in [7, 11) is 1.16. The smallest absolute Gasteiger partial charge is 0.275 e. The van der Waals surface area contributed by atoms with E-state index in [1.165, 1.54) is 0 Å². The van der Waals surface area contributed by atoms with Crippen LogP contribution >= 0.6 is 0 Å². The van der Waals surface area contributed by atoms with Crippen molar-refractivity contribution in [1.82, 2.24) is 10.2 Å². The molecule has 0 aromatic carbocycles. The van der Waals surface area contributed by atoms with Gasteiger partial charge < -0.3 is 0 Å². The lowest BCUT2D eigenvalue weighted by molar-refractivity contribution is -0.137. The molecule has 0 spiro atoms. The summed E-state index contributed by atoms with van der Waals surface area (Å²) in [6, 6.07) is -2.47. The van der Waals surface area contributed by atoms with Gasteiger partial charge in [-0.25, -0.2) is 4.79 Å². The highest BCUT2D eigenvalue weighted by Crippen LogP contribution is 2.03. The van der Waals surface area contributed by atoms with Gasteiger partial charge in [0.1, 0.15) is 0 Å². The van der Waals surface area contributed by atoms with Crippen molar-refractivity contribution in [2.75, 3.05) is 7.05 Å². The fraction of sp³-hybridized carbons (Fsp3) is 0.400. The van der Waals surface area contributed by atoms with Crippen LogP contribution in [0.15, 0.2) is 5.18 Å². The molecule has 1 aliphatic rings. The average molecular weight is 171 g/mol. The van der Waals surface area contributed by atoms with Gasteiger partial charge in [0.05, 0.1) is 0 Å². The van der Waals surface area contributed by atoms with Crippen molar-refractivity contribution in [3.05, 3.63) is 4.91 Å². The summed E-state index contributed by atoms with van der Waals surface area (Å²) in [5, 5.41) is 4.08. The van der Waals surface area contributed by atoms with E-state index < -0.39 is 23.9 Å². The molecule has 12 heavy (non-hydrogen) atoms. The van der Waals surface area contributed by atoms with Gasteiger partial charge in [-0.05, 0) is 5.18 Å². The molecule has 0 saturated carbocycles. The minimum atomic E-state index is -1.63. The van der Waals surface area contributed by atoms with Gasteiger partial charge >= 0.3 is 6.03 Å². The third-order valence-electron chi connectivity index (χ3n) is 1.45. The highest BCUT2D eigenvalue weighted by molar-refractivity contribution is 6.18. The second-order valence-electron chi connectivity index (χ2n) is 2.20. The zero-order valence-electron chi connectivity index (χ0n) is 6.10. The van der Waals surface area contributed by atoms with E-state index in [9.17, 15) is 19.3 Å². The first kappa shape index (κ1) is 8.31. The van der Waals surface area contributed by atoms with Crippen LogP contribution in [0.1, 0.15) is 0 Å². The maximum Gasteiger partial charge on any atom is 0.330 e. The van der Waals surface area contributed by atoms with Gasteiger partial charge in [-0.3, -0.25) is 19.8 Å². The fourth-order valence-electron chi connectivity index (χ4n) is 0.746. The number of imide groups is 2. The Morgan fingerprint density at radius 2 is 2.00 bits per heavy atom. The zero-order valence-corrected chi connectivity index (χ0v) is 6.10. The lowest BCUT2D eigenvalue weighted by atomic mass is 10.2. The predicted octanol–water partition coefficient (Wildman–Crippen LogP) is -1.17. The number of urea groups is 1. The molecule has 1 aliphatic heterocycles. The molecule has 1 heterocycles. The van der Waals surface area contributed by atoms with Crippen LogP contribution in [-0.4, -0.2) is 35.8 Å². The monoisotopic (exact) mass is 171 g/mol. The summed E-state index contributed by atoms with van der Waals surface area (Å²) >= 11 is 0. The molecular weight excluding hydrogens is 166 g/mol. The van der Waals surface area contributed by atoms with Crippen molar-refractivity contribution < 1.29 is 14.4 Å². The number of rotatable bonds is 1. The standard InChI is InChI=1S/C5H5N3O4/c1-8-4(10)2(7-12)3(9)6-5(8)11/h2H,1H3,(H,6,9,11). The number of carbonyl (C=O) groups is 3. The van der Waals surface area contributed by atoms with Gasteiger partial charge in [-0.1, -0.05) is 0 Å². The van der Waals surface area contributed by atoms with Gasteiger partial charge in [-0.2, -0.15) is 0 Å². The zero-order chi connectivity index (χ0) is 9.30. The lowest BCUT2D eigenvalue weighted by Gasteiger charge is -2.22. The van der Waals surface area contributed by atoms with E-state index in [0.29, 0.717) is 4.90 Å². The summed E-state index contributed by atoms with van der Waals surface area (Å²) in [6.07, 6.45) is 0. The summed E-state index contributed by atoms with van der Waals surface area (Å²) in [6.45, 7) is 0. The second kappa shape index (κ2) is 2.68. The summed E-state index contributed by atoms with van der Waals surface area (Å²) < 4.78 is 0. The molecule has 1 saturated heterocycles. The number of nitroso groups, excluding NO2 is 1. The van der Waals surface area contributed by atoms with Crippen LogP contribution in [0.5, 0.6) is 0 Å². The number of amides is 4. The van der Waals surface area contributed by atoms with E-state index in [1.54, 1.807) is 5.32 Å². The van der Waals surface area contributed by atoms with Crippen molar-refractivity contribution in [1.29, 1.82) is 0 Å². The SMILES string of the molecule is CN1C(=O)NC(=O)C(N=O)C1=O. The van der Waals surface area contributed by atoms with Gasteiger partial charge in [0.2, 0.25) is 6.04 Å². The number of hydrogen-bond acceptors (Lipinski definition) is 5. The van der Waals surface area contributed by atoms with Crippen LogP contribution < -0.4 is 5.32 Å². The first-order valence-corrected chi connectivity index (χ1v) is 3.02. The molecule has 4 amide bonds. The number of carbonyl (C=O) groups excluding carboxylic acids is 3. The van der Waals surface area contributed by atoms with Crippen LogP contribution in [0, 0.1) is 4.91 Å². The minimum Gasteiger partial charge on any atom is -0.275 e. The first-order chi connectivity index (χ1) is 5.57. The topological polar surface area (TPSA) is 95.9 Å².